The molecule has 162 valence electrons. The fraction of sp³-hybridized carbons (Fsp3) is 0.190. The van der Waals surface area contributed by atoms with E-state index in [1.807, 2.05) is 0 Å². The zero-order valence-corrected chi connectivity index (χ0v) is 18.2. The zero-order valence-electron chi connectivity index (χ0n) is 16.6. The number of carbonyl (C=O) groups excluding carboxylic acids is 2. The molecule has 7 nitrogen and oxygen atoms in total. The van der Waals surface area contributed by atoms with Crippen LogP contribution in [-0.2, 0) is 11.4 Å². The average molecular weight is 464 g/mol. The number of rotatable bonds is 7. The third-order valence-corrected chi connectivity index (χ3v) is 5.41. The minimum absolute atomic E-state index is 0.0555. The predicted octanol–water partition coefficient (Wildman–Crippen LogP) is 4.05. The molecule has 10 heteroatoms. The maximum atomic E-state index is 13.6. The maximum Gasteiger partial charge on any atom is 0.281 e. The summed E-state index contributed by atoms with van der Waals surface area (Å²) in [6.07, 6.45) is -1.02. The molecule has 0 saturated carbocycles. The van der Waals surface area contributed by atoms with Gasteiger partial charge in [0.1, 0.15) is 22.2 Å². The van der Waals surface area contributed by atoms with Crippen molar-refractivity contribution < 1.29 is 23.5 Å². The van der Waals surface area contributed by atoms with Crippen LogP contribution in [0.3, 0.4) is 0 Å². The van der Waals surface area contributed by atoms with Crippen LogP contribution in [0.15, 0.2) is 48.5 Å². The topological polar surface area (TPSA) is 89.5 Å². The number of nitrogens with zero attached hydrogens (tertiary/aromatic N) is 1. The van der Waals surface area contributed by atoms with Gasteiger partial charge >= 0.3 is 0 Å². The highest BCUT2D eigenvalue weighted by Gasteiger charge is 2.20. The van der Waals surface area contributed by atoms with Crippen LogP contribution in [0, 0.1) is 12.7 Å². The second-order valence-electron chi connectivity index (χ2n) is 6.40. The van der Waals surface area contributed by atoms with E-state index >= 15 is 0 Å². The van der Waals surface area contributed by atoms with Gasteiger partial charge in [0.15, 0.2) is 17.7 Å². The van der Waals surface area contributed by atoms with Gasteiger partial charge in [0.25, 0.3) is 11.8 Å². The van der Waals surface area contributed by atoms with E-state index in [0.29, 0.717) is 26.4 Å². The molecule has 31 heavy (non-hydrogen) atoms. The number of carbonyl (C=O) groups is 2. The van der Waals surface area contributed by atoms with E-state index in [2.05, 4.69) is 15.8 Å². The number of hydrazine groups is 1. The van der Waals surface area contributed by atoms with Crippen LogP contribution in [0.5, 0.6) is 11.5 Å². The van der Waals surface area contributed by atoms with Gasteiger partial charge in [-0.15, -0.1) is 11.3 Å². The summed E-state index contributed by atoms with van der Waals surface area (Å²) < 4.78 is 24.5. The van der Waals surface area contributed by atoms with Crippen LogP contribution >= 0.6 is 22.9 Å². The summed E-state index contributed by atoms with van der Waals surface area (Å²) in [5.74, 6) is -1.18. The molecule has 0 radical (unpaired) electrons. The molecule has 1 unspecified atom stereocenters. The Morgan fingerprint density at radius 1 is 1.16 bits per heavy atom. The van der Waals surface area contributed by atoms with Crippen molar-refractivity contribution in [2.75, 3.05) is 0 Å². The third-order valence-electron chi connectivity index (χ3n) is 4.03. The van der Waals surface area contributed by atoms with Gasteiger partial charge in [-0.2, -0.15) is 0 Å². The molecule has 0 bridgehead atoms. The maximum absolute atomic E-state index is 13.6. The van der Waals surface area contributed by atoms with E-state index in [1.165, 1.54) is 25.1 Å². The van der Waals surface area contributed by atoms with Gasteiger partial charge in [-0.05, 0) is 50.2 Å². The number of hydrogen-bond donors (Lipinski definition) is 2. The van der Waals surface area contributed by atoms with Crippen molar-refractivity contribution in [2.24, 2.45) is 0 Å². The van der Waals surface area contributed by atoms with E-state index in [-0.39, 0.29) is 12.4 Å². The van der Waals surface area contributed by atoms with E-state index < -0.39 is 23.7 Å². The molecule has 0 fully saturated rings. The molecule has 2 N–H and O–H groups in total. The fourth-order valence-electron chi connectivity index (χ4n) is 2.46. The number of thiazole rings is 1. The molecule has 2 amide bonds. The zero-order chi connectivity index (χ0) is 22.4. The van der Waals surface area contributed by atoms with Crippen molar-refractivity contribution in [3.63, 3.8) is 0 Å². The molecule has 3 rings (SSSR count). The first kappa shape index (κ1) is 22.5. The number of benzene rings is 2. The Kier molecular flexibility index (Phi) is 7.43. The lowest BCUT2D eigenvalue weighted by Crippen LogP contribution is -2.47. The van der Waals surface area contributed by atoms with E-state index in [9.17, 15) is 14.0 Å². The van der Waals surface area contributed by atoms with Crippen molar-refractivity contribution in [1.82, 2.24) is 15.8 Å². The molecule has 1 aromatic heterocycles. The van der Waals surface area contributed by atoms with Crippen molar-refractivity contribution in [3.05, 3.63) is 74.9 Å². The highest BCUT2D eigenvalue weighted by Crippen LogP contribution is 2.21. The smallest absolute Gasteiger partial charge is 0.281 e. The van der Waals surface area contributed by atoms with Gasteiger partial charge in [-0.25, -0.2) is 9.37 Å². The fourth-order valence-corrected chi connectivity index (χ4v) is 3.46. The Labute approximate surface area is 187 Å². The molecular formula is C21H19ClFN3O4S. The van der Waals surface area contributed by atoms with Crippen molar-refractivity contribution in [1.29, 1.82) is 0 Å². The van der Waals surface area contributed by atoms with Gasteiger partial charge in [-0.3, -0.25) is 20.4 Å². The summed E-state index contributed by atoms with van der Waals surface area (Å²) in [5, 5.41) is 1.20. The van der Waals surface area contributed by atoms with Crippen LogP contribution < -0.4 is 20.3 Å². The van der Waals surface area contributed by atoms with E-state index in [1.54, 1.807) is 37.3 Å². The second kappa shape index (κ2) is 10.2. The molecule has 0 saturated heterocycles. The first-order valence-electron chi connectivity index (χ1n) is 9.19. The van der Waals surface area contributed by atoms with Crippen molar-refractivity contribution in [3.8, 4) is 11.5 Å². The first-order chi connectivity index (χ1) is 14.8. The lowest BCUT2D eigenvalue weighted by molar-refractivity contribution is -0.128. The molecule has 1 heterocycles. The third kappa shape index (κ3) is 6.16. The van der Waals surface area contributed by atoms with Crippen molar-refractivity contribution >= 4 is 34.8 Å². The van der Waals surface area contributed by atoms with Crippen LogP contribution in [0.25, 0.3) is 0 Å². The van der Waals surface area contributed by atoms with Gasteiger partial charge in [0.2, 0.25) is 0 Å². The number of nitrogens with one attached hydrogen (secondary N) is 2. The number of ether oxygens (including phenoxy) is 2. The normalized spacial score (nSPS) is 11.5. The first-order valence-corrected chi connectivity index (χ1v) is 10.4. The van der Waals surface area contributed by atoms with E-state index in [4.69, 9.17) is 21.1 Å². The van der Waals surface area contributed by atoms with Crippen LogP contribution in [-0.4, -0.2) is 22.9 Å². The van der Waals surface area contributed by atoms with Gasteiger partial charge < -0.3 is 9.47 Å². The molecule has 1 atom stereocenters. The Morgan fingerprint density at radius 3 is 2.58 bits per heavy atom. The van der Waals surface area contributed by atoms with Crippen LogP contribution in [0.4, 0.5) is 4.39 Å². The highest BCUT2D eigenvalue weighted by molar-refractivity contribution is 7.13. The molecule has 3 aromatic rings. The number of halogens is 2. The molecule has 0 aliphatic heterocycles. The summed E-state index contributed by atoms with van der Waals surface area (Å²) in [5.41, 5.74) is 5.09. The molecular weight excluding hydrogens is 445 g/mol. The minimum Gasteiger partial charge on any atom is -0.486 e. The van der Waals surface area contributed by atoms with Gasteiger partial charge in [0.05, 0.1) is 5.69 Å². The van der Waals surface area contributed by atoms with Gasteiger partial charge in [-0.1, -0.05) is 23.7 Å². The monoisotopic (exact) mass is 463 g/mol. The van der Waals surface area contributed by atoms with Crippen LogP contribution in [0.2, 0.25) is 5.02 Å². The lowest BCUT2D eigenvalue weighted by Gasteiger charge is -2.15. The standard InChI is InChI=1S/C21H19ClFN3O4S/c1-12-19(31-18(24-12)11-29-15-9-7-14(22)8-10-15)21(28)26-25-20(27)13(2)30-17-6-4-3-5-16(17)23/h3-10,13H,11H2,1-2H3,(H,25,27)(H,26,28). The molecule has 0 aliphatic carbocycles. The summed E-state index contributed by atoms with van der Waals surface area (Å²) in [4.78, 5) is 29.2. The average Bonchev–Trinajstić information content (AvgIpc) is 3.13. The van der Waals surface area contributed by atoms with Gasteiger partial charge in [0, 0.05) is 5.02 Å². The summed E-state index contributed by atoms with van der Waals surface area (Å²) >= 11 is 6.99. The second-order valence-corrected chi connectivity index (χ2v) is 7.92. The number of hydrogen-bond acceptors (Lipinski definition) is 6. The number of aryl methyl sites for hydroxylation is 1. The van der Waals surface area contributed by atoms with E-state index in [0.717, 1.165) is 11.3 Å². The minimum atomic E-state index is -1.02. The Balaban J connectivity index is 1.52. The molecule has 0 spiro atoms. The van der Waals surface area contributed by atoms with Crippen molar-refractivity contribution in [2.45, 2.75) is 26.6 Å². The Bertz CT molecular complexity index is 1070. The van der Waals surface area contributed by atoms with Crippen LogP contribution in [0.1, 0.15) is 27.3 Å². The highest BCUT2D eigenvalue weighted by atomic mass is 35.5. The summed E-state index contributed by atoms with van der Waals surface area (Å²) in [7, 11) is 0. The largest absolute Gasteiger partial charge is 0.486 e. The molecule has 2 aromatic carbocycles. The quantitative estimate of drug-likeness (QED) is 0.516. The lowest BCUT2D eigenvalue weighted by atomic mass is 10.3. The summed E-state index contributed by atoms with van der Waals surface area (Å²) in [6.45, 7) is 3.31. The number of para-hydroxylation sites is 1. The Hall–Kier alpha value is -3.17. The SMILES string of the molecule is Cc1nc(COc2ccc(Cl)cc2)sc1C(=O)NNC(=O)C(C)Oc1ccccc1F. The Morgan fingerprint density at radius 2 is 1.87 bits per heavy atom. The summed E-state index contributed by atoms with van der Waals surface area (Å²) in [6, 6.07) is 12.6. The predicted molar refractivity (Wildman–Crippen MR) is 115 cm³/mol. The number of aromatic nitrogens is 1. The number of amides is 2. The molecule has 0 aliphatic rings.